The molecule has 0 radical (unpaired) electrons. The zero-order chi connectivity index (χ0) is 13.7. The number of nitrogens with one attached hydrogen (secondary N) is 1. The van der Waals surface area contributed by atoms with Crippen molar-refractivity contribution in [1.82, 2.24) is 5.43 Å². The third-order valence-electron chi connectivity index (χ3n) is 2.34. The van der Waals surface area contributed by atoms with Crippen LogP contribution in [0.2, 0.25) is 0 Å². The number of hydrazone groups is 1. The second kappa shape index (κ2) is 6.81. The Balaban J connectivity index is 1.98. The average Bonchev–Trinajstić information content (AvgIpc) is 2.41. The molecule has 0 spiro atoms. The van der Waals surface area contributed by atoms with Crippen molar-refractivity contribution in [2.75, 3.05) is 0 Å². The van der Waals surface area contributed by atoms with E-state index in [1.807, 2.05) is 42.5 Å². The summed E-state index contributed by atoms with van der Waals surface area (Å²) in [5.41, 5.74) is 4.02. The second-order valence-corrected chi connectivity index (χ2v) is 5.92. The first-order valence-corrected chi connectivity index (χ1v) is 7.37. The molecule has 0 unspecified atom stereocenters. The Labute approximate surface area is 133 Å². The van der Waals surface area contributed by atoms with Gasteiger partial charge in [0.15, 0.2) is 0 Å². The molecule has 1 N–H and O–H groups in total. The van der Waals surface area contributed by atoms with E-state index in [0.29, 0.717) is 5.56 Å². The zero-order valence-electron chi connectivity index (χ0n) is 9.81. The van der Waals surface area contributed by atoms with E-state index in [9.17, 15) is 4.79 Å². The lowest BCUT2D eigenvalue weighted by atomic mass is 10.2. The van der Waals surface area contributed by atoms with E-state index in [4.69, 9.17) is 0 Å². The summed E-state index contributed by atoms with van der Waals surface area (Å²) in [6, 6.07) is 15.0. The molecular formula is C14H10BrIN2O. The molecular weight excluding hydrogens is 419 g/mol. The lowest BCUT2D eigenvalue weighted by molar-refractivity contribution is 0.0955. The number of hydrogen-bond donors (Lipinski definition) is 1. The second-order valence-electron chi connectivity index (χ2n) is 3.76. The van der Waals surface area contributed by atoms with Crippen molar-refractivity contribution in [2.45, 2.75) is 0 Å². The van der Waals surface area contributed by atoms with Crippen LogP contribution < -0.4 is 5.43 Å². The van der Waals surface area contributed by atoms with E-state index in [1.165, 1.54) is 0 Å². The molecule has 0 aliphatic carbocycles. The van der Waals surface area contributed by atoms with Crippen molar-refractivity contribution in [3.8, 4) is 0 Å². The molecule has 0 bridgehead atoms. The third-order valence-corrected chi connectivity index (χ3v) is 3.54. The minimum Gasteiger partial charge on any atom is -0.267 e. The Kier molecular flexibility index (Phi) is 5.09. The van der Waals surface area contributed by atoms with Crippen LogP contribution in [0.3, 0.4) is 0 Å². The van der Waals surface area contributed by atoms with Crippen molar-refractivity contribution in [2.24, 2.45) is 5.10 Å². The first-order valence-electron chi connectivity index (χ1n) is 5.50. The molecule has 2 aromatic carbocycles. The largest absolute Gasteiger partial charge is 0.271 e. The van der Waals surface area contributed by atoms with Crippen molar-refractivity contribution >= 4 is 50.6 Å². The molecule has 0 saturated heterocycles. The van der Waals surface area contributed by atoms with Crippen molar-refractivity contribution < 1.29 is 4.79 Å². The predicted octanol–water partition coefficient (Wildman–Crippen LogP) is 3.82. The highest BCUT2D eigenvalue weighted by Gasteiger charge is 2.03. The number of halogens is 2. The van der Waals surface area contributed by atoms with E-state index >= 15 is 0 Å². The van der Waals surface area contributed by atoms with Gasteiger partial charge in [-0.2, -0.15) is 5.10 Å². The molecule has 19 heavy (non-hydrogen) atoms. The van der Waals surface area contributed by atoms with Crippen LogP contribution in [0.4, 0.5) is 0 Å². The molecule has 2 rings (SSSR count). The van der Waals surface area contributed by atoms with Crippen LogP contribution in [0, 0.1) is 3.57 Å². The Morgan fingerprint density at radius 3 is 2.63 bits per heavy atom. The monoisotopic (exact) mass is 428 g/mol. The Hall–Kier alpha value is -1.21. The normalized spacial score (nSPS) is 10.6. The van der Waals surface area contributed by atoms with Crippen LogP contribution in [-0.2, 0) is 0 Å². The molecule has 0 atom stereocenters. The third kappa shape index (κ3) is 4.43. The van der Waals surface area contributed by atoms with Gasteiger partial charge in [0.05, 0.1) is 6.21 Å². The molecule has 3 nitrogen and oxygen atoms in total. The molecule has 0 aromatic heterocycles. The van der Waals surface area contributed by atoms with Gasteiger partial charge >= 0.3 is 0 Å². The number of carbonyl (C=O) groups excluding carboxylic acids is 1. The summed E-state index contributed by atoms with van der Waals surface area (Å²) >= 11 is 5.53. The minimum absolute atomic E-state index is 0.216. The van der Waals surface area contributed by atoms with Gasteiger partial charge in [0, 0.05) is 13.6 Å². The molecule has 0 fully saturated rings. The number of carbonyl (C=O) groups is 1. The first-order chi connectivity index (χ1) is 9.15. The fraction of sp³-hybridized carbons (Fsp3) is 0. The molecule has 1 amide bonds. The van der Waals surface area contributed by atoms with E-state index < -0.39 is 0 Å². The van der Waals surface area contributed by atoms with Crippen LogP contribution >= 0.6 is 38.5 Å². The highest BCUT2D eigenvalue weighted by molar-refractivity contribution is 14.1. The fourth-order valence-electron chi connectivity index (χ4n) is 1.41. The maximum absolute atomic E-state index is 11.8. The number of hydrogen-bond acceptors (Lipinski definition) is 2. The van der Waals surface area contributed by atoms with Crippen LogP contribution in [0.25, 0.3) is 0 Å². The maximum Gasteiger partial charge on any atom is 0.271 e. The van der Waals surface area contributed by atoms with Gasteiger partial charge in [0.1, 0.15) is 0 Å². The average molecular weight is 429 g/mol. The van der Waals surface area contributed by atoms with E-state index in [1.54, 1.807) is 12.3 Å². The summed E-state index contributed by atoms with van der Waals surface area (Å²) in [6.45, 7) is 0. The van der Waals surface area contributed by atoms with E-state index in [-0.39, 0.29) is 5.91 Å². The van der Waals surface area contributed by atoms with Crippen molar-refractivity contribution in [1.29, 1.82) is 0 Å². The summed E-state index contributed by atoms with van der Waals surface area (Å²) < 4.78 is 2.02. The highest BCUT2D eigenvalue weighted by Crippen LogP contribution is 2.09. The topological polar surface area (TPSA) is 41.5 Å². The lowest BCUT2D eigenvalue weighted by Gasteiger charge is -2.00. The Morgan fingerprint density at radius 1 is 1.21 bits per heavy atom. The summed E-state index contributed by atoms with van der Waals surface area (Å²) in [6.07, 6.45) is 1.61. The molecule has 0 aliphatic heterocycles. The van der Waals surface area contributed by atoms with Gasteiger partial charge < -0.3 is 0 Å². The molecule has 5 heteroatoms. The smallest absolute Gasteiger partial charge is 0.267 e. The van der Waals surface area contributed by atoms with Crippen molar-refractivity contribution in [3.63, 3.8) is 0 Å². The molecule has 0 aliphatic rings. The minimum atomic E-state index is -0.216. The predicted molar refractivity (Wildman–Crippen MR) is 88.4 cm³/mol. The molecule has 2 aromatic rings. The summed E-state index contributed by atoms with van der Waals surface area (Å²) in [5.74, 6) is -0.216. The van der Waals surface area contributed by atoms with Gasteiger partial charge in [0.25, 0.3) is 5.91 Å². The summed E-state index contributed by atoms with van der Waals surface area (Å²) in [4.78, 5) is 11.8. The lowest BCUT2D eigenvalue weighted by Crippen LogP contribution is -2.17. The standard InChI is InChI=1S/C14H10BrIN2O/c15-12-6-4-10(5-7-12)9-17-18-14(19)11-2-1-3-13(16)8-11/h1-9H,(H,18,19)/b17-9-. The van der Waals surface area contributed by atoms with Gasteiger partial charge in [-0.15, -0.1) is 0 Å². The number of benzene rings is 2. The summed E-state index contributed by atoms with van der Waals surface area (Å²) in [5, 5.41) is 3.93. The Bertz CT molecular complexity index is 611. The van der Waals surface area contributed by atoms with Gasteiger partial charge in [-0.3, -0.25) is 4.79 Å². The molecule has 0 saturated carbocycles. The van der Waals surface area contributed by atoms with Gasteiger partial charge in [-0.1, -0.05) is 34.1 Å². The fourth-order valence-corrected chi connectivity index (χ4v) is 2.22. The van der Waals surface area contributed by atoms with E-state index in [2.05, 4.69) is 49.0 Å². The van der Waals surface area contributed by atoms with Gasteiger partial charge in [-0.25, -0.2) is 5.43 Å². The highest BCUT2D eigenvalue weighted by atomic mass is 127. The van der Waals surface area contributed by atoms with Gasteiger partial charge in [0.2, 0.25) is 0 Å². The van der Waals surface area contributed by atoms with Crippen LogP contribution in [0.15, 0.2) is 58.1 Å². The quantitative estimate of drug-likeness (QED) is 0.450. The maximum atomic E-state index is 11.8. The first kappa shape index (κ1) is 14.2. The molecule has 96 valence electrons. The summed E-state index contributed by atoms with van der Waals surface area (Å²) in [7, 11) is 0. The van der Waals surface area contributed by atoms with E-state index in [0.717, 1.165) is 13.6 Å². The Morgan fingerprint density at radius 2 is 1.95 bits per heavy atom. The van der Waals surface area contributed by atoms with Crippen LogP contribution in [0.5, 0.6) is 0 Å². The van der Waals surface area contributed by atoms with Crippen molar-refractivity contribution in [3.05, 3.63) is 67.7 Å². The van der Waals surface area contributed by atoms with Gasteiger partial charge in [-0.05, 0) is 58.5 Å². The number of nitrogens with zero attached hydrogens (tertiary/aromatic N) is 1. The SMILES string of the molecule is O=C(N/N=C\c1ccc(Br)cc1)c1cccc(I)c1. The van der Waals surface area contributed by atoms with Crippen LogP contribution in [-0.4, -0.2) is 12.1 Å². The zero-order valence-corrected chi connectivity index (χ0v) is 13.6. The van der Waals surface area contributed by atoms with Crippen LogP contribution in [0.1, 0.15) is 15.9 Å². The number of amides is 1. The number of rotatable bonds is 3. The molecule has 0 heterocycles.